The second-order valence-electron chi connectivity index (χ2n) is 5.74. The number of fused-ring (bicyclic) bond motifs is 2. The highest BCUT2D eigenvalue weighted by molar-refractivity contribution is 5.83. The Morgan fingerprint density at radius 3 is 1.96 bits per heavy atom. The van der Waals surface area contributed by atoms with Gasteiger partial charge in [-0.1, -0.05) is 12.1 Å². The van der Waals surface area contributed by atoms with Crippen molar-refractivity contribution in [1.82, 2.24) is 0 Å². The van der Waals surface area contributed by atoms with Crippen molar-refractivity contribution in [2.24, 2.45) is 0 Å². The minimum absolute atomic E-state index is 0.0250. The molecule has 27 heavy (non-hydrogen) atoms. The van der Waals surface area contributed by atoms with Crippen LogP contribution in [0.25, 0.3) is 22.1 Å². The molecule has 0 fully saturated rings. The SMILES string of the molecule is [O-][n+]1c2cccc(OC(O)CO)c2[n+]([O-])c2cccc(OCC(O)CO)c21. The maximum Gasteiger partial charge on any atom is 0.332 e. The van der Waals surface area contributed by atoms with Crippen molar-refractivity contribution >= 4 is 22.1 Å². The number of hydrogen-bond acceptors (Lipinski definition) is 8. The van der Waals surface area contributed by atoms with E-state index in [9.17, 15) is 20.6 Å². The quantitative estimate of drug-likeness (QED) is 0.171. The van der Waals surface area contributed by atoms with Crippen LogP contribution < -0.4 is 18.9 Å². The first-order valence-electron chi connectivity index (χ1n) is 8.05. The van der Waals surface area contributed by atoms with Crippen molar-refractivity contribution in [2.75, 3.05) is 19.8 Å². The van der Waals surface area contributed by atoms with E-state index < -0.39 is 25.6 Å². The van der Waals surface area contributed by atoms with Gasteiger partial charge in [0.25, 0.3) is 11.0 Å². The van der Waals surface area contributed by atoms with Crippen LogP contribution in [-0.2, 0) is 0 Å². The molecule has 2 unspecified atom stereocenters. The van der Waals surface area contributed by atoms with E-state index in [4.69, 9.17) is 19.7 Å². The van der Waals surface area contributed by atoms with Gasteiger partial charge in [0.2, 0.25) is 12.0 Å². The summed E-state index contributed by atoms with van der Waals surface area (Å²) in [6.07, 6.45) is -2.69. The second kappa shape index (κ2) is 7.76. The van der Waals surface area contributed by atoms with E-state index in [1.54, 1.807) is 0 Å². The zero-order chi connectivity index (χ0) is 19.6. The molecule has 1 aromatic heterocycles. The number of para-hydroxylation sites is 2. The van der Waals surface area contributed by atoms with Gasteiger partial charge in [-0.05, 0) is 12.1 Å². The fourth-order valence-electron chi connectivity index (χ4n) is 2.63. The van der Waals surface area contributed by atoms with Gasteiger partial charge < -0.3 is 40.3 Å². The van der Waals surface area contributed by atoms with Crippen molar-refractivity contribution in [2.45, 2.75) is 12.4 Å². The second-order valence-corrected chi connectivity index (χ2v) is 5.74. The Labute approximate surface area is 152 Å². The van der Waals surface area contributed by atoms with Crippen LogP contribution in [-0.4, -0.2) is 52.6 Å². The van der Waals surface area contributed by atoms with E-state index in [1.165, 1.54) is 36.4 Å². The van der Waals surface area contributed by atoms with Crippen molar-refractivity contribution in [3.63, 3.8) is 0 Å². The van der Waals surface area contributed by atoms with Crippen LogP contribution >= 0.6 is 0 Å². The van der Waals surface area contributed by atoms with E-state index in [0.717, 1.165) is 0 Å². The summed E-state index contributed by atoms with van der Waals surface area (Å²) in [5.41, 5.74) is -0.257. The molecule has 0 aliphatic carbocycles. The number of ether oxygens (including phenoxy) is 2. The lowest BCUT2D eigenvalue weighted by Gasteiger charge is -2.15. The minimum atomic E-state index is -1.55. The average Bonchev–Trinajstić information content (AvgIpc) is 2.69. The van der Waals surface area contributed by atoms with Gasteiger partial charge in [-0.3, -0.25) is 0 Å². The molecular formula is C17H18N2O8. The molecule has 0 spiro atoms. The molecular weight excluding hydrogens is 360 g/mol. The molecule has 3 rings (SSSR count). The molecule has 144 valence electrons. The molecule has 10 heteroatoms. The molecule has 3 aromatic rings. The fraction of sp³-hybridized carbons (Fsp3) is 0.294. The molecule has 2 atom stereocenters. The first-order valence-corrected chi connectivity index (χ1v) is 8.05. The maximum atomic E-state index is 12.9. The van der Waals surface area contributed by atoms with Crippen LogP contribution in [0.4, 0.5) is 0 Å². The summed E-state index contributed by atoms with van der Waals surface area (Å²) >= 11 is 0. The van der Waals surface area contributed by atoms with Gasteiger partial charge in [-0.2, -0.15) is 9.46 Å². The molecule has 0 amide bonds. The highest BCUT2D eigenvalue weighted by Crippen LogP contribution is 2.27. The smallest absolute Gasteiger partial charge is 0.332 e. The Kier molecular flexibility index (Phi) is 5.42. The summed E-state index contributed by atoms with van der Waals surface area (Å²) in [6.45, 7) is -1.47. The van der Waals surface area contributed by atoms with Crippen LogP contribution in [0.3, 0.4) is 0 Å². The van der Waals surface area contributed by atoms with Crippen LogP contribution in [0.1, 0.15) is 0 Å². The summed E-state index contributed by atoms with van der Waals surface area (Å²) < 4.78 is 11.5. The Morgan fingerprint density at radius 1 is 0.852 bits per heavy atom. The zero-order valence-corrected chi connectivity index (χ0v) is 14.1. The fourth-order valence-corrected chi connectivity index (χ4v) is 2.63. The number of nitrogens with zero attached hydrogens (tertiary/aromatic N) is 2. The zero-order valence-electron chi connectivity index (χ0n) is 14.1. The molecule has 0 bridgehead atoms. The lowest BCUT2D eigenvalue weighted by molar-refractivity contribution is -0.591. The molecule has 4 N–H and O–H groups in total. The summed E-state index contributed by atoms with van der Waals surface area (Å²) in [6, 6.07) is 8.61. The Morgan fingerprint density at radius 2 is 1.41 bits per heavy atom. The highest BCUT2D eigenvalue weighted by atomic mass is 16.6. The molecule has 2 aromatic carbocycles. The van der Waals surface area contributed by atoms with Crippen LogP contribution in [0.2, 0.25) is 0 Å². The lowest BCUT2D eigenvalue weighted by atomic mass is 10.2. The van der Waals surface area contributed by atoms with Gasteiger partial charge in [-0.25, -0.2) is 0 Å². The third-order valence-corrected chi connectivity index (χ3v) is 3.86. The Balaban J connectivity index is 2.21. The summed E-state index contributed by atoms with van der Waals surface area (Å²) in [7, 11) is 0. The Hall–Kier alpha value is -2.92. The van der Waals surface area contributed by atoms with Gasteiger partial charge in [0.05, 0.1) is 6.61 Å². The monoisotopic (exact) mass is 378 g/mol. The minimum Gasteiger partial charge on any atom is -0.617 e. The van der Waals surface area contributed by atoms with Gasteiger partial charge >= 0.3 is 11.0 Å². The topological polar surface area (TPSA) is 153 Å². The number of aromatic nitrogens is 2. The molecule has 0 saturated heterocycles. The molecule has 10 nitrogen and oxygen atoms in total. The molecule has 0 aliphatic heterocycles. The van der Waals surface area contributed by atoms with Crippen molar-refractivity contribution in [3.8, 4) is 11.5 Å². The summed E-state index contributed by atoms with van der Waals surface area (Å²) in [4.78, 5) is 0. The van der Waals surface area contributed by atoms with E-state index in [1.807, 2.05) is 0 Å². The van der Waals surface area contributed by atoms with Gasteiger partial charge in [0.1, 0.15) is 19.3 Å². The largest absolute Gasteiger partial charge is 0.617 e. The predicted molar refractivity (Wildman–Crippen MR) is 91.7 cm³/mol. The maximum absolute atomic E-state index is 12.9. The average molecular weight is 378 g/mol. The van der Waals surface area contributed by atoms with E-state index >= 15 is 0 Å². The van der Waals surface area contributed by atoms with Crippen molar-refractivity contribution < 1.29 is 39.4 Å². The first-order chi connectivity index (χ1) is 13.0. The molecule has 0 aliphatic rings. The number of hydrogen-bond donors (Lipinski definition) is 4. The Bertz CT molecular complexity index is 965. The lowest BCUT2D eigenvalue weighted by Crippen LogP contribution is -2.40. The van der Waals surface area contributed by atoms with Gasteiger partial charge in [0, 0.05) is 12.1 Å². The number of aliphatic hydroxyl groups excluding tert-OH is 4. The van der Waals surface area contributed by atoms with Crippen molar-refractivity contribution in [3.05, 3.63) is 46.8 Å². The van der Waals surface area contributed by atoms with Gasteiger partial charge in [0.15, 0.2) is 5.75 Å². The summed E-state index contributed by atoms with van der Waals surface area (Å²) in [5.74, 6) is -0.0132. The third-order valence-electron chi connectivity index (χ3n) is 3.86. The normalized spacial score (nSPS) is 13.6. The standard InChI is InChI=1S/C17H18N2O8/c20-7-10(22)9-26-13-5-1-3-11-16(13)18(24)12-4-2-6-14(17(12)19(11)25)27-15(23)8-21/h1-6,10,15,20-23H,7-9H2. The van der Waals surface area contributed by atoms with E-state index in [-0.39, 0.29) is 40.2 Å². The molecule has 0 saturated carbocycles. The number of benzene rings is 2. The predicted octanol–water partition coefficient (Wildman–Crippen LogP) is -1.32. The first kappa shape index (κ1) is 18.9. The van der Waals surface area contributed by atoms with Crippen LogP contribution in [0.5, 0.6) is 11.5 Å². The highest BCUT2D eigenvalue weighted by Gasteiger charge is 2.28. The summed E-state index contributed by atoms with van der Waals surface area (Å²) in [5, 5.41) is 62.5. The number of rotatable bonds is 7. The van der Waals surface area contributed by atoms with E-state index in [0.29, 0.717) is 9.46 Å². The van der Waals surface area contributed by atoms with Crippen molar-refractivity contribution in [1.29, 1.82) is 0 Å². The third kappa shape index (κ3) is 3.51. The van der Waals surface area contributed by atoms with Crippen LogP contribution in [0, 0.1) is 10.4 Å². The number of aliphatic hydroxyl groups is 4. The van der Waals surface area contributed by atoms with Crippen LogP contribution in [0.15, 0.2) is 36.4 Å². The molecule has 1 heterocycles. The molecule has 0 radical (unpaired) electrons. The van der Waals surface area contributed by atoms with E-state index in [2.05, 4.69) is 0 Å². The van der Waals surface area contributed by atoms with Gasteiger partial charge in [-0.15, -0.1) is 0 Å².